The average molecular weight is 484 g/mol. The second kappa shape index (κ2) is 11.0. The molecule has 0 radical (unpaired) electrons. The van der Waals surface area contributed by atoms with E-state index in [0.717, 1.165) is 47.5 Å². The molecule has 3 atom stereocenters. The van der Waals surface area contributed by atoms with Crippen LogP contribution in [-0.2, 0) is 27.4 Å². The summed E-state index contributed by atoms with van der Waals surface area (Å²) in [7, 11) is 0. The summed E-state index contributed by atoms with van der Waals surface area (Å²) in [6, 6.07) is 7.92. The maximum Gasteiger partial charge on any atom is 0.408 e. The lowest BCUT2D eigenvalue weighted by atomic mass is 9.67. The molecule has 1 aromatic carbocycles. The van der Waals surface area contributed by atoms with Gasteiger partial charge in [0.05, 0.1) is 24.1 Å². The van der Waals surface area contributed by atoms with Gasteiger partial charge in [0.2, 0.25) is 0 Å². The molecule has 1 amide bonds. The molecule has 3 unspecified atom stereocenters. The Morgan fingerprint density at radius 3 is 2.54 bits per heavy atom. The van der Waals surface area contributed by atoms with E-state index in [-0.39, 0.29) is 18.6 Å². The van der Waals surface area contributed by atoms with Crippen molar-refractivity contribution in [3.05, 3.63) is 30.1 Å². The fourth-order valence-corrected chi connectivity index (χ4v) is 6.08. The highest BCUT2D eigenvalue weighted by Gasteiger charge is 2.32. The molecule has 1 N–H and O–H groups in total. The fourth-order valence-electron chi connectivity index (χ4n) is 6.08. The molecule has 7 nitrogen and oxygen atoms in total. The van der Waals surface area contributed by atoms with E-state index in [1.54, 1.807) is 0 Å². The molecule has 2 aromatic rings. The van der Waals surface area contributed by atoms with Crippen molar-refractivity contribution < 1.29 is 19.1 Å². The van der Waals surface area contributed by atoms with Crippen LogP contribution in [0.25, 0.3) is 11.0 Å². The van der Waals surface area contributed by atoms with E-state index in [2.05, 4.69) is 9.88 Å². The molecule has 0 spiro atoms. The van der Waals surface area contributed by atoms with Crippen LogP contribution in [0, 0.1) is 17.8 Å². The molecule has 0 aliphatic heterocycles. The number of carbonyl (C=O) groups excluding carboxylic acids is 2. The van der Waals surface area contributed by atoms with Crippen LogP contribution in [0.5, 0.6) is 0 Å². The summed E-state index contributed by atoms with van der Waals surface area (Å²) in [6.45, 7) is 7.75. The molecule has 1 aromatic heterocycles. The van der Waals surface area contributed by atoms with Crippen molar-refractivity contribution >= 4 is 23.1 Å². The minimum Gasteiger partial charge on any atom is -0.461 e. The summed E-state index contributed by atoms with van der Waals surface area (Å²) in [5.41, 5.74) is 1.26. The molecule has 35 heavy (non-hydrogen) atoms. The van der Waals surface area contributed by atoms with Crippen molar-refractivity contribution in [2.24, 2.45) is 17.8 Å². The normalized spacial score (nSPS) is 23.0. The van der Waals surface area contributed by atoms with Gasteiger partial charge in [0.25, 0.3) is 0 Å². The summed E-state index contributed by atoms with van der Waals surface area (Å²) in [6.07, 6.45) is 9.45. The van der Waals surface area contributed by atoms with E-state index in [1.807, 2.05) is 45.0 Å². The van der Waals surface area contributed by atoms with Crippen molar-refractivity contribution in [1.29, 1.82) is 0 Å². The molecule has 7 heteroatoms. The minimum atomic E-state index is -0.567. The Labute approximate surface area is 209 Å². The number of imidazole rings is 1. The molecule has 1 heterocycles. The van der Waals surface area contributed by atoms with Crippen LogP contribution in [0.1, 0.15) is 84.9 Å². The first kappa shape index (κ1) is 25.5. The number of ether oxygens (including phenoxy) is 2. The SMILES string of the molecule is CC(=O)OC(CCC1CC2CCCC(C2)C1)Cn1c(CNC(=O)OC(C)(C)C)nc2ccccc21. The van der Waals surface area contributed by atoms with Crippen molar-refractivity contribution in [3.63, 3.8) is 0 Å². The van der Waals surface area contributed by atoms with Gasteiger partial charge in [-0.15, -0.1) is 0 Å². The summed E-state index contributed by atoms with van der Waals surface area (Å²) in [5.74, 6) is 2.98. The highest BCUT2D eigenvalue weighted by atomic mass is 16.6. The van der Waals surface area contributed by atoms with E-state index in [9.17, 15) is 9.59 Å². The van der Waals surface area contributed by atoms with Crippen molar-refractivity contribution in [1.82, 2.24) is 14.9 Å². The predicted molar refractivity (Wildman–Crippen MR) is 136 cm³/mol. The molecule has 4 rings (SSSR count). The van der Waals surface area contributed by atoms with Gasteiger partial charge in [0, 0.05) is 6.92 Å². The topological polar surface area (TPSA) is 82.5 Å². The lowest BCUT2D eigenvalue weighted by Crippen LogP contribution is -2.33. The number of esters is 1. The number of carbonyl (C=O) groups is 2. The monoisotopic (exact) mass is 483 g/mol. The van der Waals surface area contributed by atoms with Gasteiger partial charge in [0.1, 0.15) is 17.5 Å². The zero-order valence-electron chi connectivity index (χ0n) is 21.7. The molecular formula is C28H41N3O4. The number of para-hydroxylation sites is 2. The highest BCUT2D eigenvalue weighted by Crippen LogP contribution is 2.44. The van der Waals surface area contributed by atoms with Crippen LogP contribution in [0.3, 0.4) is 0 Å². The number of fused-ring (bicyclic) bond motifs is 3. The predicted octanol–water partition coefficient (Wildman–Crippen LogP) is 5.99. The number of nitrogens with one attached hydrogen (secondary N) is 1. The third kappa shape index (κ3) is 7.21. The van der Waals surface area contributed by atoms with Crippen molar-refractivity contribution in [2.45, 2.75) is 104 Å². The summed E-state index contributed by atoms with van der Waals surface area (Å²) >= 11 is 0. The number of amides is 1. The quantitative estimate of drug-likeness (QED) is 0.466. The number of aromatic nitrogens is 2. The van der Waals surface area contributed by atoms with Gasteiger partial charge in [-0.1, -0.05) is 31.4 Å². The summed E-state index contributed by atoms with van der Waals surface area (Å²) in [5, 5.41) is 2.82. The molecule has 2 bridgehead atoms. The van der Waals surface area contributed by atoms with E-state index in [1.165, 1.54) is 45.4 Å². The van der Waals surface area contributed by atoms with Crippen LogP contribution in [0.4, 0.5) is 4.79 Å². The summed E-state index contributed by atoms with van der Waals surface area (Å²) in [4.78, 5) is 29.0. The molecule has 0 saturated heterocycles. The zero-order valence-corrected chi connectivity index (χ0v) is 21.7. The lowest BCUT2D eigenvalue weighted by molar-refractivity contribution is -0.147. The summed E-state index contributed by atoms with van der Waals surface area (Å²) < 4.78 is 13.3. The van der Waals surface area contributed by atoms with Gasteiger partial charge in [-0.3, -0.25) is 4.79 Å². The number of benzene rings is 1. The van der Waals surface area contributed by atoms with Crippen LogP contribution in [0.15, 0.2) is 24.3 Å². The third-order valence-electron chi connectivity index (χ3n) is 7.36. The Morgan fingerprint density at radius 1 is 1.14 bits per heavy atom. The third-order valence-corrected chi connectivity index (χ3v) is 7.36. The Hall–Kier alpha value is -2.57. The van der Waals surface area contributed by atoms with Gasteiger partial charge in [-0.25, -0.2) is 9.78 Å². The van der Waals surface area contributed by atoms with E-state index < -0.39 is 11.7 Å². The van der Waals surface area contributed by atoms with Gasteiger partial charge in [-0.2, -0.15) is 0 Å². The smallest absolute Gasteiger partial charge is 0.408 e. The Morgan fingerprint density at radius 2 is 1.86 bits per heavy atom. The lowest BCUT2D eigenvalue weighted by Gasteiger charge is -2.39. The number of rotatable bonds is 8. The Balaban J connectivity index is 1.46. The van der Waals surface area contributed by atoms with Gasteiger partial charge >= 0.3 is 12.1 Å². The minimum absolute atomic E-state index is 0.229. The fraction of sp³-hybridized carbons (Fsp3) is 0.679. The molecule has 192 valence electrons. The largest absolute Gasteiger partial charge is 0.461 e. The van der Waals surface area contributed by atoms with Gasteiger partial charge in [0.15, 0.2) is 0 Å². The standard InChI is InChI=1S/C28H41N3O4/c1-19(32)34-23(13-12-22-15-20-8-7-9-21(14-20)16-22)18-31-25-11-6-5-10-24(25)30-26(31)17-29-27(33)35-28(2,3)4/h5-6,10-11,20-23H,7-9,12-18H2,1-4H3,(H,29,33). The van der Waals surface area contributed by atoms with Crippen LogP contribution in [0.2, 0.25) is 0 Å². The van der Waals surface area contributed by atoms with E-state index >= 15 is 0 Å². The first-order valence-corrected chi connectivity index (χ1v) is 13.2. The van der Waals surface area contributed by atoms with E-state index in [0.29, 0.717) is 6.54 Å². The first-order valence-electron chi connectivity index (χ1n) is 13.2. The van der Waals surface area contributed by atoms with Crippen LogP contribution in [-0.4, -0.2) is 33.3 Å². The zero-order chi connectivity index (χ0) is 25.0. The maximum atomic E-state index is 12.2. The maximum absolute atomic E-state index is 12.2. The molecule has 2 fully saturated rings. The average Bonchev–Trinajstić information content (AvgIpc) is 3.12. The molecule has 2 saturated carbocycles. The number of hydrogen-bond acceptors (Lipinski definition) is 5. The number of hydrogen-bond donors (Lipinski definition) is 1. The Bertz CT molecular complexity index is 1010. The highest BCUT2D eigenvalue weighted by molar-refractivity contribution is 5.76. The Kier molecular flexibility index (Phi) is 8.02. The molecular weight excluding hydrogens is 442 g/mol. The van der Waals surface area contributed by atoms with Gasteiger partial charge < -0.3 is 19.4 Å². The molecule has 2 aliphatic rings. The second-order valence-corrected chi connectivity index (χ2v) is 11.5. The second-order valence-electron chi connectivity index (χ2n) is 11.5. The first-order chi connectivity index (χ1) is 16.7. The van der Waals surface area contributed by atoms with Crippen LogP contribution < -0.4 is 5.32 Å². The number of nitrogens with zero attached hydrogens (tertiary/aromatic N) is 2. The number of alkyl carbamates (subject to hydrolysis) is 1. The van der Waals surface area contributed by atoms with E-state index in [4.69, 9.17) is 14.5 Å². The van der Waals surface area contributed by atoms with Crippen molar-refractivity contribution in [2.75, 3.05) is 0 Å². The van der Waals surface area contributed by atoms with Gasteiger partial charge in [-0.05, 0) is 82.8 Å². The van der Waals surface area contributed by atoms with Crippen molar-refractivity contribution in [3.8, 4) is 0 Å². The molecule has 2 aliphatic carbocycles. The van der Waals surface area contributed by atoms with Crippen LogP contribution >= 0.6 is 0 Å².